The molecule has 1 saturated heterocycles. The van der Waals surface area contributed by atoms with Crippen molar-refractivity contribution in [3.63, 3.8) is 0 Å². The summed E-state index contributed by atoms with van der Waals surface area (Å²) in [5.74, 6) is -0.959. The molecule has 1 aromatic rings. The molecule has 1 aliphatic rings. The summed E-state index contributed by atoms with van der Waals surface area (Å²) in [5.41, 5.74) is 0. The van der Waals surface area contributed by atoms with E-state index >= 15 is 0 Å². The maximum atomic E-state index is 10.6. The van der Waals surface area contributed by atoms with Crippen molar-refractivity contribution in [2.45, 2.75) is 37.9 Å². The van der Waals surface area contributed by atoms with Gasteiger partial charge in [0, 0.05) is 6.61 Å². The van der Waals surface area contributed by atoms with Gasteiger partial charge in [-0.25, -0.2) is 4.79 Å². The van der Waals surface area contributed by atoms with Crippen molar-refractivity contribution in [2.75, 3.05) is 6.61 Å². The van der Waals surface area contributed by atoms with E-state index in [-0.39, 0.29) is 11.9 Å². The minimum Gasteiger partial charge on any atom is -0.475 e. The van der Waals surface area contributed by atoms with E-state index in [0.29, 0.717) is 12.2 Å². The smallest absolute Gasteiger partial charge is 0.371 e. The summed E-state index contributed by atoms with van der Waals surface area (Å²) in [4.78, 5) is 10.6. The van der Waals surface area contributed by atoms with Crippen LogP contribution in [0.4, 0.5) is 0 Å². The van der Waals surface area contributed by atoms with Gasteiger partial charge in [-0.05, 0) is 37.8 Å². The molecule has 0 bridgehead atoms. The second kappa shape index (κ2) is 5.33. The van der Waals surface area contributed by atoms with Gasteiger partial charge in [-0.1, -0.05) is 0 Å². The minimum atomic E-state index is -1.12. The van der Waals surface area contributed by atoms with Gasteiger partial charge < -0.3 is 19.4 Å². The molecular weight excluding hydrogens is 224 g/mol. The number of carboxylic acids is 1. The number of aromatic carboxylic acids is 1. The number of aliphatic hydroxyl groups is 1. The summed E-state index contributed by atoms with van der Waals surface area (Å²) in [5, 5.41) is 18.5. The molecule has 1 fully saturated rings. The monoisotopic (exact) mass is 240 g/mol. The van der Waals surface area contributed by atoms with Gasteiger partial charge in [0.1, 0.15) is 11.9 Å². The summed E-state index contributed by atoms with van der Waals surface area (Å²) >= 11 is 0. The van der Waals surface area contributed by atoms with E-state index < -0.39 is 12.1 Å². The molecule has 94 valence electrons. The van der Waals surface area contributed by atoms with Crippen LogP contribution in [-0.2, 0) is 4.74 Å². The first kappa shape index (κ1) is 12.1. The molecule has 5 heteroatoms. The van der Waals surface area contributed by atoms with E-state index in [2.05, 4.69) is 0 Å². The Hall–Kier alpha value is -1.33. The Balaban J connectivity index is 1.85. The summed E-state index contributed by atoms with van der Waals surface area (Å²) in [6, 6.07) is 2.86. The fraction of sp³-hybridized carbons (Fsp3) is 0.583. The predicted molar refractivity (Wildman–Crippen MR) is 58.8 cm³/mol. The van der Waals surface area contributed by atoms with Crippen LogP contribution < -0.4 is 0 Å². The molecule has 2 rings (SSSR count). The Labute approximate surface area is 99.0 Å². The predicted octanol–water partition coefficient (Wildman–Crippen LogP) is 1.97. The van der Waals surface area contributed by atoms with Gasteiger partial charge in [0.15, 0.2) is 0 Å². The first-order valence-electron chi connectivity index (χ1n) is 5.79. The van der Waals surface area contributed by atoms with Crippen LogP contribution in [0.25, 0.3) is 0 Å². The molecule has 0 saturated carbocycles. The highest BCUT2D eigenvalue weighted by molar-refractivity contribution is 5.84. The third kappa shape index (κ3) is 3.08. The summed E-state index contributed by atoms with van der Waals surface area (Å²) < 4.78 is 10.5. The van der Waals surface area contributed by atoms with Crippen molar-refractivity contribution >= 4 is 5.97 Å². The lowest BCUT2D eigenvalue weighted by atomic mass is 10.1. The van der Waals surface area contributed by atoms with Crippen molar-refractivity contribution in [1.82, 2.24) is 0 Å². The molecule has 5 nitrogen and oxygen atoms in total. The molecule has 0 radical (unpaired) electrons. The molecule has 0 aliphatic carbocycles. The molecule has 0 aromatic carbocycles. The van der Waals surface area contributed by atoms with E-state index in [1.807, 2.05) is 0 Å². The zero-order valence-electron chi connectivity index (χ0n) is 9.46. The lowest BCUT2D eigenvalue weighted by Gasteiger charge is -2.11. The Morgan fingerprint density at radius 3 is 2.94 bits per heavy atom. The van der Waals surface area contributed by atoms with Gasteiger partial charge in [0.25, 0.3) is 0 Å². The van der Waals surface area contributed by atoms with E-state index in [1.165, 1.54) is 12.1 Å². The van der Waals surface area contributed by atoms with Crippen LogP contribution in [0.15, 0.2) is 16.5 Å². The molecule has 17 heavy (non-hydrogen) atoms. The number of furan rings is 1. The molecular formula is C12H16O5. The van der Waals surface area contributed by atoms with E-state index in [9.17, 15) is 9.90 Å². The van der Waals surface area contributed by atoms with Crippen molar-refractivity contribution < 1.29 is 24.2 Å². The van der Waals surface area contributed by atoms with Crippen molar-refractivity contribution in [3.8, 4) is 0 Å². The maximum Gasteiger partial charge on any atom is 0.371 e. The number of hydrogen-bond donors (Lipinski definition) is 2. The molecule has 1 aromatic heterocycles. The standard InChI is InChI=1S/C12H16O5/c13-9(4-3-8-2-1-7-16-8)10-5-6-11(17-10)12(14)15/h5-6,8-9,13H,1-4,7H2,(H,14,15). The van der Waals surface area contributed by atoms with Crippen molar-refractivity contribution in [1.29, 1.82) is 0 Å². The average Bonchev–Trinajstić information content (AvgIpc) is 2.96. The first-order valence-corrected chi connectivity index (χ1v) is 5.79. The van der Waals surface area contributed by atoms with Crippen LogP contribution in [-0.4, -0.2) is 28.9 Å². The van der Waals surface area contributed by atoms with Gasteiger partial charge in [-0.3, -0.25) is 0 Å². The van der Waals surface area contributed by atoms with E-state index in [4.69, 9.17) is 14.3 Å². The second-order valence-corrected chi connectivity index (χ2v) is 4.24. The summed E-state index contributed by atoms with van der Waals surface area (Å²) in [7, 11) is 0. The zero-order valence-corrected chi connectivity index (χ0v) is 9.46. The SMILES string of the molecule is O=C(O)c1ccc(C(O)CCC2CCCO2)o1. The largest absolute Gasteiger partial charge is 0.475 e. The van der Waals surface area contributed by atoms with Crippen molar-refractivity contribution in [3.05, 3.63) is 23.7 Å². The van der Waals surface area contributed by atoms with Gasteiger partial charge in [0.2, 0.25) is 5.76 Å². The van der Waals surface area contributed by atoms with E-state index in [1.54, 1.807) is 0 Å². The van der Waals surface area contributed by atoms with E-state index in [0.717, 1.165) is 25.9 Å². The van der Waals surface area contributed by atoms with Gasteiger partial charge in [-0.15, -0.1) is 0 Å². The van der Waals surface area contributed by atoms with Crippen LogP contribution in [0, 0.1) is 0 Å². The second-order valence-electron chi connectivity index (χ2n) is 4.24. The number of aliphatic hydroxyl groups excluding tert-OH is 1. The number of carbonyl (C=O) groups is 1. The molecule has 0 amide bonds. The van der Waals surface area contributed by atoms with Crippen LogP contribution in [0.1, 0.15) is 48.1 Å². The zero-order chi connectivity index (χ0) is 12.3. The maximum absolute atomic E-state index is 10.6. The van der Waals surface area contributed by atoms with Gasteiger partial charge in [-0.2, -0.15) is 0 Å². The van der Waals surface area contributed by atoms with Crippen molar-refractivity contribution in [2.24, 2.45) is 0 Å². The Morgan fingerprint density at radius 1 is 1.53 bits per heavy atom. The molecule has 2 atom stereocenters. The number of carboxylic acid groups (broad SMARTS) is 1. The fourth-order valence-corrected chi connectivity index (χ4v) is 2.00. The topological polar surface area (TPSA) is 79.9 Å². The van der Waals surface area contributed by atoms with Crippen LogP contribution in [0.2, 0.25) is 0 Å². The van der Waals surface area contributed by atoms with Gasteiger partial charge in [0.05, 0.1) is 6.10 Å². The first-order chi connectivity index (χ1) is 8.16. The number of ether oxygens (including phenoxy) is 1. The molecule has 2 heterocycles. The van der Waals surface area contributed by atoms with Crippen LogP contribution >= 0.6 is 0 Å². The fourth-order valence-electron chi connectivity index (χ4n) is 2.00. The molecule has 2 unspecified atom stereocenters. The summed E-state index contributed by atoms with van der Waals surface area (Å²) in [6.45, 7) is 0.796. The average molecular weight is 240 g/mol. The molecule has 2 N–H and O–H groups in total. The van der Waals surface area contributed by atoms with Crippen LogP contribution in [0.5, 0.6) is 0 Å². The van der Waals surface area contributed by atoms with Crippen LogP contribution in [0.3, 0.4) is 0 Å². The third-order valence-corrected chi connectivity index (χ3v) is 2.95. The Kier molecular flexibility index (Phi) is 3.81. The third-order valence-electron chi connectivity index (χ3n) is 2.95. The quantitative estimate of drug-likeness (QED) is 0.822. The highest BCUT2D eigenvalue weighted by Crippen LogP contribution is 2.25. The highest BCUT2D eigenvalue weighted by Gasteiger charge is 2.20. The molecule has 1 aliphatic heterocycles. The lowest BCUT2D eigenvalue weighted by Crippen LogP contribution is -2.07. The molecule has 0 spiro atoms. The lowest BCUT2D eigenvalue weighted by molar-refractivity contribution is 0.0628. The minimum absolute atomic E-state index is 0.142. The normalized spacial score (nSPS) is 21.6. The Bertz CT molecular complexity index is 378. The summed E-state index contributed by atoms with van der Waals surface area (Å²) in [6.07, 6.45) is 2.86. The number of hydrogen-bond acceptors (Lipinski definition) is 4. The number of rotatable bonds is 5. The Morgan fingerprint density at radius 2 is 2.35 bits per heavy atom. The van der Waals surface area contributed by atoms with Gasteiger partial charge >= 0.3 is 5.97 Å². The highest BCUT2D eigenvalue weighted by atomic mass is 16.5.